The average molecular weight is 721 g/mol. The molecule has 2 aromatic carbocycles. The lowest BCUT2D eigenvalue weighted by Gasteiger charge is -2.34. The lowest BCUT2D eigenvalue weighted by molar-refractivity contribution is -0.345. The van der Waals surface area contributed by atoms with Crippen LogP contribution in [-0.4, -0.2) is 76.7 Å². The molecule has 2 saturated carbocycles. The van der Waals surface area contributed by atoms with E-state index in [-0.39, 0.29) is 46.9 Å². The van der Waals surface area contributed by atoms with E-state index in [1.165, 1.54) is 6.07 Å². The number of likely N-dealkylation sites (tertiary alicyclic amines) is 1. The fourth-order valence-corrected chi connectivity index (χ4v) is 7.95. The third-order valence-corrected chi connectivity index (χ3v) is 11.1. The number of anilines is 1. The van der Waals surface area contributed by atoms with Gasteiger partial charge < -0.3 is 20.3 Å². The van der Waals surface area contributed by atoms with Crippen molar-refractivity contribution in [2.75, 3.05) is 31.6 Å². The SMILES string of the molecule is C#Cc1c(F)ccc2cccc(-c3nc4c5c(nc(OCC6(CN7CCC(OC(F)(F)F)CC7)CC6)nc5c3F)N[C@@H]([C@H](CC)NC3CC3)CC4)c12. The van der Waals surface area contributed by atoms with Crippen molar-refractivity contribution in [1.29, 1.82) is 0 Å². The molecule has 0 spiro atoms. The summed E-state index contributed by atoms with van der Waals surface area (Å²) in [4.78, 5) is 16.5. The Labute approximate surface area is 298 Å². The number of ether oxygens (including phenoxy) is 2. The molecule has 0 unspecified atom stereocenters. The van der Waals surface area contributed by atoms with Crippen molar-refractivity contribution in [3.63, 3.8) is 0 Å². The van der Waals surface area contributed by atoms with Crippen LogP contribution in [0.25, 0.3) is 32.9 Å². The second-order valence-electron chi connectivity index (χ2n) is 14.8. The summed E-state index contributed by atoms with van der Waals surface area (Å²) in [5, 5.41) is 8.92. The molecule has 13 heteroatoms. The van der Waals surface area contributed by atoms with Crippen LogP contribution in [0, 0.1) is 29.4 Å². The molecule has 0 amide bonds. The Morgan fingerprint density at radius 1 is 1.04 bits per heavy atom. The Kier molecular flexibility index (Phi) is 9.20. The Bertz CT molecular complexity index is 2030. The van der Waals surface area contributed by atoms with Gasteiger partial charge in [-0.3, -0.25) is 4.74 Å². The average Bonchev–Trinajstić information content (AvgIpc) is 4.06. The number of rotatable bonds is 11. The van der Waals surface area contributed by atoms with E-state index in [1.54, 1.807) is 24.3 Å². The van der Waals surface area contributed by atoms with Gasteiger partial charge in [-0.2, -0.15) is 9.97 Å². The number of pyridine rings is 1. The minimum atomic E-state index is -4.63. The van der Waals surface area contributed by atoms with E-state index in [0.717, 1.165) is 32.1 Å². The first-order chi connectivity index (χ1) is 25.0. The van der Waals surface area contributed by atoms with Crippen LogP contribution in [0.1, 0.15) is 69.5 Å². The van der Waals surface area contributed by atoms with Gasteiger partial charge in [0.05, 0.1) is 29.4 Å². The predicted molar refractivity (Wildman–Crippen MR) is 188 cm³/mol. The van der Waals surface area contributed by atoms with E-state index in [0.29, 0.717) is 84.6 Å². The zero-order valence-electron chi connectivity index (χ0n) is 29.0. The smallest absolute Gasteiger partial charge is 0.463 e. The molecule has 274 valence electrons. The lowest BCUT2D eigenvalue weighted by atomic mass is 9.95. The summed E-state index contributed by atoms with van der Waals surface area (Å²) in [6.45, 7) is 4.09. The van der Waals surface area contributed by atoms with Crippen LogP contribution in [0.15, 0.2) is 30.3 Å². The summed E-state index contributed by atoms with van der Waals surface area (Å²) in [6, 6.07) is 8.85. The minimum absolute atomic E-state index is 0.0176. The van der Waals surface area contributed by atoms with E-state index >= 15 is 4.39 Å². The Morgan fingerprint density at radius 2 is 1.83 bits per heavy atom. The number of aryl methyl sites for hydroxylation is 1. The van der Waals surface area contributed by atoms with Gasteiger partial charge in [0.15, 0.2) is 5.82 Å². The predicted octanol–water partition coefficient (Wildman–Crippen LogP) is 7.52. The molecule has 8 rings (SSSR count). The first-order valence-electron chi connectivity index (χ1n) is 18.2. The lowest BCUT2D eigenvalue weighted by Crippen LogP contribution is -2.44. The second-order valence-corrected chi connectivity index (χ2v) is 14.8. The first-order valence-corrected chi connectivity index (χ1v) is 18.2. The number of piperidine rings is 1. The summed E-state index contributed by atoms with van der Waals surface area (Å²) in [5.41, 5.74) is 0.940. The molecule has 4 aliphatic rings. The Morgan fingerprint density at radius 3 is 2.52 bits per heavy atom. The largest absolute Gasteiger partial charge is 0.522 e. The van der Waals surface area contributed by atoms with Gasteiger partial charge in [0.25, 0.3) is 0 Å². The number of halogens is 5. The molecule has 3 fully saturated rings. The van der Waals surface area contributed by atoms with Gasteiger partial charge in [0, 0.05) is 54.1 Å². The summed E-state index contributed by atoms with van der Waals surface area (Å²) in [6.07, 6.45) is 7.11. The van der Waals surface area contributed by atoms with Crippen molar-refractivity contribution < 1.29 is 31.4 Å². The number of benzene rings is 2. The van der Waals surface area contributed by atoms with Crippen LogP contribution in [0.4, 0.5) is 27.8 Å². The van der Waals surface area contributed by atoms with Crippen molar-refractivity contribution in [3.8, 4) is 29.6 Å². The molecule has 4 heterocycles. The Hall–Kier alpha value is -4.12. The van der Waals surface area contributed by atoms with E-state index in [4.69, 9.17) is 21.1 Å². The zero-order valence-corrected chi connectivity index (χ0v) is 29.0. The van der Waals surface area contributed by atoms with Gasteiger partial charge in [-0.1, -0.05) is 37.1 Å². The second kappa shape index (κ2) is 13.7. The van der Waals surface area contributed by atoms with Gasteiger partial charge in [0.1, 0.15) is 22.8 Å². The molecule has 0 bridgehead atoms. The molecule has 2 aliphatic carbocycles. The monoisotopic (exact) mass is 720 g/mol. The maximum Gasteiger partial charge on any atom is 0.522 e. The highest BCUT2D eigenvalue weighted by atomic mass is 19.4. The van der Waals surface area contributed by atoms with Crippen LogP contribution >= 0.6 is 0 Å². The molecule has 8 nitrogen and oxygen atoms in total. The third-order valence-electron chi connectivity index (χ3n) is 11.1. The molecule has 2 N–H and O–H groups in total. The van der Waals surface area contributed by atoms with Crippen molar-refractivity contribution in [2.45, 2.75) is 95.3 Å². The number of nitrogens with one attached hydrogen (secondary N) is 2. The number of aromatic nitrogens is 3. The third kappa shape index (κ3) is 7.13. The topological polar surface area (TPSA) is 84.4 Å². The number of hydrogen-bond acceptors (Lipinski definition) is 8. The molecule has 0 radical (unpaired) electrons. The van der Waals surface area contributed by atoms with E-state index in [2.05, 4.69) is 38.1 Å². The highest BCUT2D eigenvalue weighted by molar-refractivity contribution is 6.02. The number of nitrogens with zero attached hydrogens (tertiary/aromatic N) is 4. The molecule has 4 aromatic rings. The number of terminal acetylenes is 1. The highest BCUT2D eigenvalue weighted by Gasteiger charge is 2.46. The molecule has 1 saturated heterocycles. The fourth-order valence-electron chi connectivity index (χ4n) is 7.95. The van der Waals surface area contributed by atoms with Gasteiger partial charge in [0.2, 0.25) is 0 Å². The van der Waals surface area contributed by atoms with Gasteiger partial charge in [-0.05, 0) is 69.2 Å². The molecule has 2 aliphatic heterocycles. The van der Waals surface area contributed by atoms with Crippen LogP contribution in [0.3, 0.4) is 0 Å². The quantitative estimate of drug-likeness (QED) is 0.122. The maximum absolute atomic E-state index is 17.0. The first kappa shape index (κ1) is 34.9. The number of hydrogen-bond donors (Lipinski definition) is 2. The maximum atomic E-state index is 17.0. The van der Waals surface area contributed by atoms with E-state index in [9.17, 15) is 17.6 Å². The van der Waals surface area contributed by atoms with Crippen LogP contribution in [0.5, 0.6) is 6.01 Å². The summed E-state index contributed by atoms with van der Waals surface area (Å²) in [7, 11) is 0. The van der Waals surface area contributed by atoms with Crippen LogP contribution in [0.2, 0.25) is 0 Å². The molecular weight excluding hydrogens is 679 g/mol. The normalized spacial score (nSPS) is 21.1. The minimum Gasteiger partial charge on any atom is -0.463 e. The number of alkyl halides is 3. The molecular formula is C39H41F5N6O2. The molecule has 2 atom stereocenters. The van der Waals surface area contributed by atoms with Gasteiger partial charge in [-0.15, -0.1) is 19.6 Å². The highest BCUT2D eigenvalue weighted by Crippen LogP contribution is 2.47. The van der Waals surface area contributed by atoms with Crippen molar-refractivity contribution >= 4 is 27.5 Å². The van der Waals surface area contributed by atoms with Gasteiger partial charge in [-0.25, -0.2) is 13.8 Å². The van der Waals surface area contributed by atoms with Crippen LogP contribution in [-0.2, 0) is 11.2 Å². The van der Waals surface area contributed by atoms with E-state index in [1.807, 2.05) is 0 Å². The zero-order chi connectivity index (χ0) is 36.2. The van der Waals surface area contributed by atoms with Crippen molar-refractivity contribution in [3.05, 3.63) is 53.2 Å². The summed E-state index contributed by atoms with van der Waals surface area (Å²) in [5.74, 6) is 1.65. The number of fused-ring (bicyclic) bond motifs is 1. The van der Waals surface area contributed by atoms with Gasteiger partial charge >= 0.3 is 12.4 Å². The van der Waals surface area contributed by atoms with Crippen LogP contribution < -0.4 is 15.4 Å². The van der Waals surface area contributed by atoms with Crippen molar-refractivity contribution in [2.24, 2.45) is 5.41 Å². The molecule has 2 aromatic heterocycles. The summed E-state index contributed by atoms with van der Waals surface area (Å²) < 4.78 is 80.7. The standard InChI is InChI=1S/C39H41F5N6O2/c1-3-25-27(40)11-8-22-6-5-7-26(31(22)25)34-33(41)35-32-30(46-34)13-12-29(28(4-2)45-23-9-10-23)47-36(32)49-37(48-35)51-21-38(16-17-38)20-50-18-14-24(15-19-50)52-39(42,43)44/h1,5-8,11,23-24,28-29,45H,4,9-10,12-21H2,2H3,(H,47,48,49)/t28-,29+/m0/s1. The summed E-state index contributed by atoms with van der Waals surface area (Å²) >= 11 is 0. The Balaban J connectivity index is 1.13. The van der Waals surface area contributed by atoms with Crippen molar-refractivity contribution in [1.82, 2.24) is 25.2 Å². The fraction of sp³-hybridized carbons (Fsp3) is 0.513. The van der Waals surface area contributed by atoms with E-state index < -0.39 is 24.1 Å². The molecule has 52 heavy (non-hydrogen) atoms.